The number of hydrogen-bond acceptors (Lipinski definition) is 5. The van der Waals surface area contributed by atoms with Gasteiger partial charge in [0.05, 0.1) is 4.92 Å². The van der Waals surface area contributed by atoms with E-state index in [0.29, 0.717) is 5.56 Å². The molecule has 2 aromatic carbocycles. The van der Waals surface area contributed by atoms with Gasteiger partial charge >= 0.3 is 0 Å². The Bertz CT molecular complexity index is 651. The quantitative estimate of drug-likeness (QED) is 0.501. The molecule has 0 heterocycles. The summed E-state index contributed by atoms with van der Waals surface area (Å²) in [5.41, 5.74) is 5.26. The smallest absolute Gasteiger partial charge is 0.294 e. The molecule has 0 spiro atoms. The van der Waals surface area contributed by atoms with Gasteiger partial charge in [0, 0.05) is 11.6 Å². The van der Waals surface area contributed by atoms with Crippen LogP contribution < -0.4 is 16.0 Å². The number of nitrogens with two attached hydrogens (primary N) is 1. The largest absolute Gasteiger partial charge is 0.488 e. The number of para-hydroxylation sites is 2. The Hall–Kier alpha value is -2.60. The normalized spacial score (nSPS) is 10.2. The molecule has 0 fully saturated rings. The van der Waals surface area contributed by atoms with E-state index in [1.807, 2.05) is 32.0 Å². The second-order valence-corrected chi connectivity index (χ2v) is 4.72. The topological polar surface area (TPSA) is 90.4 Å². The standard InChI is InChI=1S/C15H17N3O3/c1-10-5-3-6-11(2)15(10)21-9-12-7-4-8-13(18(19)20)14(12)17-16/h3-8,17H,9,16H2,1-2H3. The van der Waals surface area contributed by atoms with E-state index in [4.69, 9.17) is 10.6 Å². The predicted molar refractivity (Wildman–Crippen MR) is 81.2 cm³/mol. The van der Waals surface area contributed by atoms with E-state index >= 15 is 0 Å². The highest BCUT2D eigenvalue weighted by Gasteiger charge is 2.17. The summed E-state index contributed by atoms with van der Waals surface area (Å²) in [5.74, 6) is 6.19. The zero-order valence-electron chi connectivity index (χ0n) is 11.9. The molecule has 6 heteroatoms. The van der Waals surface area contributed by atoms with Crippen LogP contribution in [0.1, 0.15) is 16.7 Å². The fourth-order valence-electron chi connectivity index (χ4n) is 2.20. The van der Waals surface area contributed by atoms with Crippen molar-refractivity contribution in [1.29, 1.82) is 0 Å². The molecular weight excluding hydrogens is 270 g/mol. The third-order valence-electron chi connectivity index (χ3n) is 3.25. The monoisotopic (exact) mass is 287 g/mol. The Morgan fingerprint density at radius 1 is 1.19 bits per heavy atom. The van der Waals surface area contributed by atoms with E-state index < -0.39 is 4.92 Å². The minimum atomic E-state index is -0.474. The number of benzene rings is 2. The summed E-state index contributed by atoms with van der Waals surface area (Å²) in [5, 5.41) is 11.0. The maximum atomic E-state index is 11.0. The maximum absolute atomic E-state index is 11.0. The van der Waals surface area contributed by atoms with Crippen molar-refractivity contribution in [3.8, 4) is 5.75 Å². The summed E-state index contributed by atoms with van der Waals surface area (Å²) in [4.78, 5) is 10.5. The van der Waals surface area contributed by atoms with Crippen LogP contribution in [0.2, 0.25) is 0 Å². The number of ether oxygens (including phenoxy) is 1. The average molecular weight is 287 g/mol. The number of rotatable bonds is 5. The summed E-state index contributed by atoms with van der Waals surface area (Å²) >= 11 is 0. The van der Waals surface area contributed by atoms with Gasteiger partial charge in [0.2, 0.25) is 0 Å². The lowest BCUT2D eigenvalue weighted by Gasteiger charge is -2.14. The van der Waals surface area contributed by atoms with Gasteiger partial charge in [-0.3, -0.25) is 16.0 Å². The van der Waals surface area contributed by atoms with Gasteiger partial charge in [-0.05, 0) is 25.0 Å². The molecule has 3 N–H and O–H groups in total. The first-order chi connectivity index (χ1) is 10.0. The molecule has 21 heavy (non-hydrogen) atoms. The van der Waals surface area contributed by atoms with Gasteiger partial charge in [0.1, 0.15) is 18.0 Å². The molecule has 2 rings (SSSR count). The molecule has 0 aromatic heterocycles. The zero-order valence-corrected chi connectivity index (χ0v) is 11.9. The summed E-state index contributed by atoms with van der Waals surface area (Å²) in [7, 11) is 0. The molecule has 0 saturated carbocycles. The summed E-state index contributed by atoms with van der Waals surface area (Å²) < 4.78 is 5.81. The van der Waals surface area contributed by atoms with Gasteiger partial charge in [-0.1, -0.05) is 30.3 Å². The number of nitro benzene ring substituents is 1. The maximum Gasteiger partial charge on any atom is 0.294 e. The number of anilines is 1. The third-order valence-corrected chi connectivity index (χ3v) is 3.25. The number of nitrogens with zero attached hydrogens (tertiary/aromatic N) is 1. The highest BCUT2D eigenvalue weighted by Crippen LogP contribution is 2.29. The van der Waals surface area contributed by atoms with E-state index in [9.17, 15) is 10.1 Å². The minimum absolute atomic E-state index is 0.0693. The van der Waals surface area contributed by atoms with Crippen molar-refractivity contribution in [3.05, 3.63) is 63.2 Å². The van der Waals surface area contributed by atoms with Crippen LogP contribution >= 0.6 is 0 Å². The molecule has 6 nitrogen and oxygen atoms in total. The van der Waals surface area contributed by atoms with Crippen molar-refractivity contribution in [2.24, 2.45) is 5.84 Å². The van der Waals surface area contributed by atoms with Crippen LogP contribution in [-0.4, -0.2) is 4.92 Å². The molecular formula is C15H17N3O3. The molecule has 0 aliphatic carbocycles. The summed E-state index contributed by atoms with van der Waals surface area (Å²) in [6, 6.07) is 10.6. The average Bonchev–Trinajstić information content (AvgIpc) is 2.46. The highest BCUT2D eigenvalue weighted by molar-refractivity contribution is 5.65. The lowest BCUT2D eigenvalue weighted by molar-refractivity contribution is -0.384. The van der Waals surface area contributed by atoms with E-state index in [-0.39, 0.29) is 18.0 Å². The van der Waals surface area contributed by atoms with Crippen LogP contribution in [0.4, 0.5) is 11.4 Å². The fraction of sp³-hybridized carbons (Fsp3) is 0.200. The first-order valence-electron chi connectivity index (χ1n) is 6.46. The van der Waals surface area contributed by atoms with Crippen molar-refractivity contribution in [1.82, 2.24) is 0 Å². The molecule has 2 aromatic rings. The molecule has 0 amide bonds. The van der Waals surface area contributed by atoms with Gasteiger partial charge in [0.25, 0.3) is 5.69 Å². The SMILES string of the molecule is Cc1cccc(C)c1OCc1cccc([N+](=O)[O-])c1NN. The number of nitro groups is 1. The van der Waals surface area contributed by atoms with E-state index in [2.05, 4.69) is 5.43 Å². The number of hydrogen-bond donors (Lipinski definition) is 2. The second-order valence-electron chi connectivity index (χ2n) is 4.72. The summed E-state index contributed by atoms with van der Waals surface area (Å²) in [6.07, 6.45) is 0. The van der Waals surface area contributed by atoms with Crippen LogP contribution in [0.25, 0.3) is 0 Å². The predicted octanol–water partition coefficient (Wildman–Crippen LogP) is 3.08. The third kappa shape index (κ3) is 3.11. The molecule has 0 saturated heterocycles. The number of hydrazine groups is 1. The van der Waals surface area contributed by atoms with Crippen molar-refractivity contribution in [2.45, 2.75) is 20.5 Å². The molecule has 0 unspecified atom stereocenters. The van der Waals surface area contributed by atoms with Crippen LogP contribution in [0.3, 0.4) is 0 Å². The lowest BCUT2D eigenvalue weighted by atomic mass is 10.1. The Balaban J connectivity index is 2.28. The number of nitrogens with one attached hydrogen (secondary N) is 1. The lowest BCUT2D eigenvalue weighted by Crippen LogP contribution is -2.13. The first kappa shape index (κ1) is 14.8. The van der Waals surface area contributed by atoms with Crippen molar-refractivity contribution in [3.63, 3.8) is 0 Å². The second kappa shape index (κ2) is 6.23. The van der Waals surface area contributed by atoms with Crippen molar-refractivity contribution in [2.75, 3.05) is 5.43 Å². The molecule has 0 aliphatic heterocycles. The minimum Gasteiger partial charge on any atom is -0.488 e. The molecule has 0 atom stereocenters. The van der Waals surface area contributed by atoms with E-state index in [0.717, 1.165) is 16.9 Å². The van der Waals surface area contributed by atoms with Gasteiger partial charge < -0.3 is 10.2 Å². The Morgan fingerprint density at radius 2 is 1.81 bits per heavy atom. The van der Waals surface area contributed by atoms with Gasteiger partial charge in [-0.2, -0.15) is 0 Å². The van der Waals surface area contributed by atoms with E-state index in [1.165, 1.54) is 6.07 Å². The van der Waals surface area contributed by atoms with Gasteiger partial charge in [-0.25, -0.2) is 0 Å². The Kier molecular flexibility index (Phi) is 4.39. The van der Waals surface area contributed by atoms with Crippen LogP contribution in [-0.2, 0) is 6.61 Å². The van der Waals surface area contributed by atoms with Crippen LogP contribution in [0.15, 0.2) is 36.4 Å². The molecule has 0 radical (unpaired) electrons. The first-order valence-corrected chi connectivity index (χ1v) is 6.46. The van der Waals surface area contributed by atoms with Crippen LogP contribution in [0, 0.1) is 24.0 Å². The van der Waals surface area contributed by atoms with Crippen molar-refractivity contribution >= 4 is 11.4 Å². The number of aryl methyl sites for hydroxylation is 2. The molecule has 110 valence electrons. The van der Waals surface area contributed by atoms with E-state index in [1.54, 1.807) is 12.1 Å². The zero-order chi connectivity index (χ0) is 15.4. The molecule has 0 bridgehead atoms. The highest BCUT2D eigenvalue weighted by atomic mass is 16.6. The van der Waals surface area contributed by atoms with Crippen molar-refractivity contribution < 1.29 is 9.66 Å². The Morgan fingerprint density at radius 3 is 2.38 bits per heavy atom. The van der Waals surface area contributed by atoms with Crippen LogP contribution in [0.5, 0.6) is 5.75 Å². The van der Waals surface area contributed by atoms with Gasteiger partial charge in [0.15, 0.2) is 0 Å². The van der Waals surface area contributed by atoms with Gasteiger partial charge in [-0.15, -0.1) is 0 Å². The molecule has 0 aliphatic rings. The number of nitrogen functional groups attached to an aromatic ring is 1. The fourth-order valence-corrected chi connectivity index (χ4v) is 2.20. The Labute approximate surface area is 122 Å². The summed E-state index contributed by atoms with van der Waals surface area (Å²) in [6.45, 7) is 4.11.